The van der Waals surface area contributed by atoms with E-state index in [1.807, 2.05) is 12.1 Å². The minimum Gasteiger partial charge on any atom is -0.345 e. The normalized spacial score (nSPS) is 34.3. The number of piperidine rings is 1. The van der Waals surface area contributed by atoms with Crippen LogP contribution in [-0.2, 0) is 5.41 Å². The highest BCUT2D eigenvalue weighted by atomic mass is 35.5. The van der Waals surface area contributed by atoms with Gasteiger partial charge in [-0.15, -0.1) is 0 Å². The molecule has 3 rings (SSSR count). The molecule has 1 aromatic rings. The van der Waals surface area contributed by atoms with E-state index in [0.29, 0.717) is 15.5 Å². The average Bonchev–Trinajstić information content (AvgIpc) is 2.75. The number of hydrogen-bond acceptors (Lipinski definition) is 0. The van der Waals surface area contributed by atoms with E-state index in [4.69, 9.17) is 23.2 Å². The molecule has 2 atom stereocenters. The standard InChI is InChI=1S/C11H11Cl2N/c12-9-2-1-7(3-10(9)13)11-4-8(11)5-14-6-11/h1-3,8,14H,4-6H2/p+1/t8-,11+/m1/s1. The van der Waals surface area contributed by atoms with E-state index in [-0.39, 0.29) is 0 Å². The van der Waals surface area contributed by atoms with Crippen LogP contribution in [0, 0.1) is 5.92 Å². The molecule has 0 aromatic heterocycles. The van der Waals surface area contributed by atoms with E-state index in [2.05, 4.69) is 11.4 Å². The zero-order chi connectivity index (χ0) is 9.76. The molecule has 0 amide bonds. The summed E-state index contributed by atoms with van der Waals surface area (Å²) in [6.07, 6.45) is 1.33. The van der Waals surface area contributed by atoms with E-state index >= 15 is 0 Å². The molecule has 1 saturated carbocycles. The molecule has 0 unspecified atom stereocenters. The van der Waals surface area contributed by atoms with Gasteiger partial charge in [-0.3, -0.25) is 0 Å². The minimum absolute atomic E-state index is 0.439. The first-order valence-electron chi connectivity index (χ1n) is 4.99. The summed E-state index contributed by atoms with van der Waals surface area (Å²) >= 11 is 11.9. The van der Waals surface area contributed by atoms with Gasteiger partial charge in [0.25, 0.3) is 0 Å². The Hall–Kier alpha value is -0.240. The van der Waals surface area contributed by atoms with Crippen LogP contribution in [0.3, 0.4) is 0 Å². The number of nitrogens with two attached hydrogens (primary N) is 1. The van der Waals surface area contributed by atoms with Gasteiger partial charge in [-0.2, -0.15) is 0 Å². The summed E-state index contributed by atoms with van der Waals surface area (Å²) in [6, 6.07) is 6.10. The van der Waals surface area contributed by atoms with Gasteiger partial charge in [0.2, 0.25) is 0 Å². The Morgan fingerprint density at radius 3 is 2.71 bits per heavy atom. The second kappa shape index (κ2) is 2.88. The molecule has 1 aliphatic carbocycles. The SMILES string of the molecule is Clc1ccc([C@]23C[NH2+]C[C@H]2C3)cc1Cl. The van der Waals surface area contributed by atoms with Crippen LogP contribution in [0.15, 0.2) is 18.2 Å². The number of fused-ring (bicyclic) bond motifs is 1. The highest BCUT2D eigenvalue weighted by molar-refractivity contribution is 6.42. The zero-order valence-electron chi connectivity index (χ0n) is 7.76. The number of hydrogen-bond donors (Lipinski definition) is 1. The molecule has 0 spiro atoms. The Labute approximate surface area is 93.4 Å². The number of halogens is 2. The molecular formula is C11H12Cl2N+. The second-order valence-corrected chi connectivity index (χ2v) is 5.23. The van der Waals surface area contributed by atoms with Crippen LogP contribution in [0.5, 0.6) is 0 Å². The first-order chi connectivity index (χ1) is 6.72. The summed E-state index contributed by atoms with van der Waals surface area (Å²) in [5, 5.41) is 3.75. The quantitative estimate of drug-likeness (QED) is 0.756. The van der Waals surface area contributed by atoms with E-state index in [9.17, 15) is 0 Å². The number of rotatable bonds is 1. The van der Waals surface area contributed by atoms with Crippen molar-refractivity contribution in [1.82, 2.24) is 0 Å². The molecule has 0 bridgehead atoms. The zero-order valence-corrected chi connectivity index (χ0v) is 9.28. The second-order valence-electron chi connectivity index (χ2n) is 4.41. The Morgan fingerprint density at radius 2 is 2.14 bits per heavy atom. The average molecular weight is 229 g/mol. The van der Waals surface area contributed by atoms with E-state index < -0.39 is 0 Å². The van der Waals surface area contributed by atoms with Gasteiger partial charge < -0.3 is 5.32 Å². The van der Waals surface area contributed by atoms with Crippen molar-refractivity contribution in [2.75, 3.05) is 13.1 Å². The van der Waals surface area contributed by atoms with Crippen molar-refractivity contribution in [3.63, 3.8) is 0 Å². The van der Waals surface area contributed by atoms with Crippen molar-refractivity contribution >= 4 is 23.2 Å². The van der Waals surface area contributed by atoms with Crippen molar-refractivity contribution in [2.24, 2.45) is 5.92 Å². The van der Waals surface area contributed by atoms with Gasteiger partial charge in [-0.25, -0.2) is 0 Å². The van der Waals surface area contributed by atoms with Crippen molar-refractivity contribution in [3.05, 3.63) is 33.8 Å². The molecular weight excluding hydrogens is 217 g/mol. The predicted octanol–water partition coefficient (Wildman–Crippen LogP) is 1.83. The highest BCUT2D eigenvalue weighted by Gasteiger charge is 2.61. The molecule has 2 fully saturated rings. The van der Waals surface area contributed by atoms with Crippen molar-refractivity contribution in [3.8, 4) is 0 Å². The van der Waals surface area contributed by atoms with Crippen LogP contribution in [0.1, 0.15) is 12.0 Å². The summed E-state index contributed by atoms with van der Waals surface area (Å²) in [5.41, 5.74) is 1.82. The van der Waals surface area contributed by atoms with Gasteiger partial charge in [0, 0.05) is 5.92 Å². The fourth-order valence-electron chi connectivity index (χ4n) is 2.76. The van der Waals surface area contributed by atoms with Gasteiger partial charge in [-0.05, 0) is 24.1 Å². The molecule has 2 aliphatic rings. The lowest BCUT2D eigenvalue weighted by molar-refractivity contribution is -0.644. The van der Waals surface area contributed by atoms with Gasteiger partial charge in [0.1, 0.15) is 0 Å². The molecule has 1 heterocycles. The smallest absolute Gasteiger partial charge is 0.0858 e. The summed E-state index contributed by atoms with van der Waals surface area (Å²) in [7, 11) is 0. The molecule has 74 valence electrons. The van der Waals surface area contributed by atoms with E-state index in [1.165, 1.54) is 25.1 Å². The summed E-state index contributed by atoms with van der Waals surface area (Å²) in [4.78, 5) is 0. The maximum Gasteiger partial charge on any atom is 0.0858 e. The Kier molecular flexibility index (Phi) is 1.85. The molecule has 1 saturated heterocycles. The lowest BCUT2D eigenvalue weighted by Crippen LogP contribution is -2.83. The number of quaternary nitrogens is 1. The Balaban J connectivity index is 2.01. The first kappa shape index (κ1) is 9.02. The van der Waals surface area contributed by atoms with Crippen LogP contribution in [0.4, 0.5) is 0 Å². The first-order valence-corrected chi connectivity index (χ1v) is 5.75. The highest BCUT2D eigenvalue weighted by Crippen LogP contribution is 2.55. The molecule has 1 nitrogen and oxygen atoms in total. The summed E-state index contributed by atoms with van der Waals surface area (Å²) in [6.45, 7) is 2.50. The van der Waals surface area contributed by atoms with Gasteiger partial charge in [0.05, 0.1) is 28.5 Å². The third-order valence-electron chi connectivity index (χ3n) is 3.69. The molecule has 1 aromatic carbocycles. The van der Waals surface area contributed by atoms with E-state index in [0.717, 1.165) is 5.92 Å². The van der Waals surface area contributed by atoms with Crippen molar-refractivity contribution in [1.29, 1.82) is 0 Å². The lowest BCUT2D eigenvalue weighted by Gasteiger charge is -2.10. The summed E-state index contributed by atoms with van der Waals surface area (Å²) < 4.78 is 0. The van der Waals surface area contributed by atoms with Crippen LogP contribution in [0.25, 0.3) is 0 Å². The van der Waals surface area contributed by atoms with Gasteiger partial charge in [0.15, 0.2) is 0 Å². The predicted molar refractivity (Wildman–Crippen MR) is 57.9 cm³/mol. The fourth-order valence-corrected chi connectivity index (χ4v) is 3.06. The third-order valence-corrected chi connectivity index (χ3v) is 4.43. The van der Waals surface area contributed by atoms with Gasteiger partial charge in [-0.1, -0.05) is 29.3 Å². The van der Waals surface area contributed by atoms with Crippen LogP contribution in [0.2, 0.25) is 10.0 Å². The Morgan fingerprint density at radius 1 is 1.29 bits per heavy atom. The molecule has 14 heavy (non-hydrogen) atoms. The van der Waals surface area contributed by atoms with E-state index in [1.54, 1.807) is 0 Å². The monoisotopic (exact) mass is 228 g/mol. The Bertz CT molecular complexity index is 391. The van der Waals surface area contributed by atoms with Crippen molar-refractivity contribution in [2.45, 2.75) is 11.8 Å². The van der Waals surface area contributed by atoms with Crippen LogP contribution >= 0.6 is 23.2 Å². The van der Waals surface area contributed by atoms with Crippen LogP contribution < -0.4 is 5.32 Å². The number of benzene rings is 1. The maximum absolute atomic E-state index is 6.03. The maximum atomic E-state index is 6.03. The molecule has 3 heteroatoms. The lowest BCUT2D eigenvalue weighted by atomic mass is 9.95. The van der Waals surface area contributed by atoms with Crippen LogP contribution in [-0.4, -0.2) is 13.1 Å². The minimum atomic E-state index is 0.439. The molecule has 1 aliphatic heterocycles. The molecule has 2 N–H and O–H groups in total. The third kappa shape index (κ3) is 1.13. The summed E-state index contributed by atoms with van der Waals surface area (Å²) in [5.74, 6) is 0.875. The van der Waals surface area contributed by atoms with Gasteiger partial charge >= 0.3 is 0 Å². The van der Waals surface area contributed by atoms with Crippen molar-refractivity contribution < 1.29 is 5.32 Å². The fraction of sp³-hybridized carbons (Fsp3) is 0.455. The largest absolute Gasteiger partial charge is 0.345 e. The topological polar surface area (TPSA) is 16.6 Å². The molecule has 0 radical (unpaired) electrons.